The predicted octanol–water partition coefficient (Wildman–Crippen LogP) is 1.39. The zero-order chi connectivity index (χ0) is 13.1. The van der Waals surface area contributed by atoms with E-state index in [4.69, 9.17) is 14.2 Å². The van der Waals surface area contributed by atoms with Gasteiger partial charge in [-0.25, -0.2) is 0 Å². The number of benzene rings is 1. The molecular formula is C14H18N2O3. The van der Waals surface area contributed by atoms with Crippen molar-refractivity contribution >= 4 is 5.69 Å². The maximum absolute atomic E-state index is 5.61. The van der Waals surface area contributed by atoms with Crippen LogP contribution in [0.2, 0.25) is 0 Å². The van der Waals surface area contributed by atoms with Crippen LogP contribution in [0.5, 0.6) is 17.2 Å². The van der Waals surface area contributed by atoms with Crippen LogP contribution >= 0.6 is 0 Å². The lowest BCUT2D eigenvalue weighted by molar-refractivity contribution is 0.350. The molecule has 5 nitrogen and oxygen atoms in total. The average molecular weight is 262 g/mol. The Labute approximate surface area is 112 Å². The monoisotopic (exact) mass is 262 g/mol. The smallest absolute Gasteiger partial charge is 0.170 e. The van der Waals surface area contributed by atoms with Crippen LogP contribution in [-0.4, -0.2) is 39.9 Å². The Morgan fingerprint density at radius 1 is 1.21 bits per heavy atom. The molecule has 0 saturated carbocycles. The van der Waals surface area contributed by atoms with E-state index < -0.39 is 0 Å². The van der Waals surface area contributed by atoms with E-state index in [0.717, 1.165) is 49.1 Å². The number of fused-ring (bicyclic) bond motifs is 1. The fourth-order valence-corrected chi connectivity index (χ4v) is 2.35. The van der Waals surface area contributed by atoms with Crippen molar-refractivity contribution in [3.63, 3.8) is 0 Å². The Balaban J connectivity index is 1.97. The van der Waals surface area contributed by atoms with E-state index in [1.807, 2.05) is 18.2 Å². The van der Waals surface area contributed by atoms with Gasteiger partial charge in [-0.2, -0.15) is 0 Å². The third kappa shape index (κ3) is 2.46. The third-order valence-electron chi connectivity index (χ3n) is 3.33. The summed E-state index contributed by atoms with van der Waals surface area (Å²) in [4.78, 5) is 2.30. The van der Waals surface area contributed by atoms with Crippen molar-refractivity contribution in [3.8, 4) is 17.2 Å². The summed E-state index contributed by atoms with van der Waals surface area (Å²) in [5, 5.41) is 3.34. The van der Waals surface area contributed by atoms with E-state index in [9.17, 15) is 0 Å². The van der Waals surface area contributed by atoms with Crippen molar-refractivity contribution in [2.45, 2.75) is 0 Å². The summed E-state index contributed by atoms with van der Waals surface area (Å²) in [6.45, 7) is 4.41. The highest BCUT2D eigenvalue weighted by Gasteiger charge is 2.19. The van der Waals surface area contributed by atoms with E-state index in [1.165, 1.54) is 0 Å². The molecule has 0 atom stereocenters. The van der Waals surface area contributed by atoms with Crippen molar-refractivity contribution in [1.29, 1.82) is 0 Å². The van der Waals surface area contributed by atoms with Gasteiger partial charge < -0.3 is 24.4 Å². The molecule has 2 heterocycles. The first-order valence-electron chi connectivity index (χ1n) is 6.50. The molecule has 0 unspecified atom stereocenters. The minimum atomic E-state index is 0.517. The number of piperazine rings is 1. The maximum atomic E-state index is 5.61. The second-order valence-electron chi connectivity index (χ2n) is 4.51. The summed E-state index contributed by atoms with van der Waals surface area (Å²) >= 11 is 0. The van der Waals surface area contributed by atoms with Gasteiger partial charge in [-0.3, -0.25) is 0 Å². The largest absolute Gasteiger partial charge is 0.494 e. The molecule has 0 aromatic heterocycles. The van der Waals surface area contributed by atoms with Gasteiger partial charge in [-0.05, 0) is 6.08 Å². The summed E-state index contributed by atoms with van der Waals surface area (Å²) in [6, 6.07) is 3.90. The summed E-state index contributed by atoms with van der Waals surface area (Å²) < 4.78 is 16.7. The fourth-order valence-electron chi connectivity index (χ4n) is 2.35. The van der Waals surface area contributed by atoms with Gasteiger partial charge in [0.25, 0.3) is 0 Å². The Hall–Kier alpha value is -1.88. The molecular weight excluding hydrogens is 244 g/mol. The molecule has 102 valence electrons. The zero-order valence-electron chi connectivity index (χ0n) is 11.0. The molecule has 0 radical (unpaired) electrons. The second kappa shape index (κ2) is 5.40. The van der Waals surface area contributed by atoms with Crippen LogP contribution in [0.3, 0.4) is 0 Å². The molecule has 2 aliphatic rings. The van der Waals surface area contributed by atoms with E-state index in [0.29, 0.717) is 6.61 Å². The Kier molecular flexibility index (Phi) is 3.46. The lowest BCUT2D eigenvalue weighted by Crippen LogP contribution is -2.43. The number of rotatable bonds is 2. The Bertz CT molecular complexity index is 482. The fraction of sp³-hybridized carbons (Fsp3) is 0.429. The van der Waals surface area contributed by atoms with E-state index in [-0.39, 0.29) is 0 Å². The molecule has 0 aliphatic carbocycles. The molecule has 0 amide bonds. The maximum Gasteiger partial charge on any atom is 0.170 e. The third-order valence-corrected chi connectivity index (χ3v) is 3.33. The normalized spacial score (nSPS) is 18.1. The van der Waals surface area contributed by atoms with Crippen molar-refractivity contribution in [2.75, 3.05) is 44.8 Å². The number of methoxy groups -OCH3 is 1. The standard InChI is InChI=1S/C14H18N2O3/c1-17-12-10-14-13(18-7-2-8-19-14)9-11(12)16-5-3-15-4-6-16/h2,7,9-10,15H,3-6,8H2,1H3. The van der Waals surface area contributed by atoms with Crippen molar-refractivity contribution in [3.05, 3.63) is 24.5 Å². The number of nitrogens with zero attached hydrogens (tertiary/aromatic N) is 1. The lowest BCUT2D eigenvalue weighted by Gasteiger charge is -2.31. The summed E-state index contributed by atoms with van der Waals surface area (Å²) in [5.74, 6) is 2.29. The van der Waals surface area contributed by atoms with Crippen molar-refractivity contribution in [1.82, 2.24) is 5.32 Å². The molecule has 19 heavy (non-hydrogen) atoms. The minimum absolute atomic E-state index is 0.517. The predicted molar refractivity (Wildman–Crippen MR) is 73.3 cm³/mol. The van der Waals surface area contributed by atoms with Gasteiger partial charge in [0, 0.05) is 38.3 Å². The first-order valence-corrected chi connectivity index (χ1v) is 6.50. The minimum Gasteiger partial charge on any atom is -0.494 e. The molecule has 0 spiro atoms. The van der Waals surface area contributed by atoms with Gasteiger partial charge in [0.15, 0.2) is 11.5 Å². The van der Waals surface area contributed by atoms with Crippen molar-refractivity contribution in [2.24, 2.45) is 0 Å². The zero-order valence-corrected chi connectivity index (χ0v) is 11.0. The molecule has 1 aromatic carbocycles. The van der Waals surface area contributed by atoms with E-state index in [1.54, 1.807) is 13.4 Å². The average Bonchev–Trinajstić information content (AvgIpc) is 2.71. The van der Waals surface area contributed by atoms with Crippen LogP contribution < -0.4 is 24.4 Å². The van der Waals surface area contributed by atoms with Gasteiger partial charge in [-0.15, -0.1) is 0 Å². The Morgan fingerprint density at radius 3 is 2.84 bits per heavy atom. The molecule has 1 saturated heterocycles. The van der Waals surface area contributed by atoms with Crippen LogP contribution in [0.15, 0.2) is 24.5 Å². The van der Waals surface area contributed by atoms with Crippen LogP contribution in [0.4, 0.5) is 5.69 Å². The molecule has 1 N–H and O–H groups in total. The summed E-state index contributed by atoms with van der Waals surface area (Å²) in [5.41, 5.74) is 1.06. The second-order valence-corrected chi connectivity index (χ2v) is 4.51. The molecule has 2 aliphatic heterocycles. The highest BCUT2D eigenvalue weighted by molar-refractivity contribution is 5.66. The number of anilines is 1. The van der Waals surface area contributed by atoms with Crippen LogP contribution in [0, 0.1) is 0 Å². The number of hydrogen-bond donors (Lipinski definition) is 1. The van der Waals surface area contributed by atoms with E-state index in [2.05, 4.69) is 10.2 Å². The molecule has 3 rings (SSSR count). The first-order chi connectivity index (χ1) is 9.38. The highest BCUT2D eigenvalue weighted by Crippen LogP contribution is 2.40. The van der Waals surface area contributed by atoms with Gasteiger partial charge in [0.2, 0.25) is 0 Å². The van der Waals surface area contributed by atoms with Gasteiger partial charge in [0.1, 0.15) is 12.4 Å². The summed E-state index contributed by atoms with van der Waals surface area (Å²) in [7, 11) is 1.68. The SMILES string of the molecule is COc1cc2c(cc1N1CCNCC1)OC=CCO2. The van der Waals surface area contributed by atoms with E-state index >= 15 is 0 Å². The topological polar surface area (TPSA) is 43.0 Å². The highest BCUT2D eigenvalue weighted by atomic mass is 16.5. The molecule has 1 aromatic rings. The number of nitrogens with one attached hydrogen (secondary N) is 1. The summed E-state index contributed by atoms with van der Waals surface area (Å²) in [6.07, 6.45) is 3.51. The number of hydrogen-bond acceptors (Lipinski definition) is 5. The van der Waals surface area contributed by atoms with Crippen molar-refractivity contribution < 1.29 is 14.2 Å². The van der Waals surface area contributed by atoms with Crippen LogP contribution in [0.25, 0.3) is 0 Å². The van der Waals surface area contributed by atoms with Crippen LogP contribution in [-0.2, 0) is 0 Å². The Morgan fingerprint density at radius 2 is 2.05 bits per heavy atom. The molecule has 0 bridgehead atoms. The van der Waals surface area contributed by atoms with Gasteiger partial charge in [-0.1, -0.05) is 0 Å². The molecule has 5 heteroatoms. The number of ether oxygens (including phenoxy) is 3. The van der Waals surface area contributed by atoms with Gasteiger partial charge >= 0.3 is 0 Å². The van der Waals surface area contributed by atoms with Gasteiger partial charge in [0.05, 0.1) is 19.1 Å². The lowest BCUT2D eigenvalue weighted by atomic mass is 10.2. The van der Waals surface area contributed by atoms with Crippen LogP contribution in [0.1, 0.15) is 0 Å². The molecule has 1 fully saturated rings. The first kappa shape index (κ1) is 12.2. The quantitative estimate of drug-likeness (QED) is 0.872.